The van der Waals surface area contributed by atoms with Crippen LogP contribution in [0.1, 0.15) is 84.5 Å². The van der Waals surface area contributed by atoms with Gasteiger partial charge in [-0.25, -0.2) is 0 Å². The summed E-state index contributed by atoms with van der Waals surface area (Å²) in [5, 5.41) is 18.5. The van der Waals surface area contributed by atoms with E-state index in [-0.39, 0.29) is 5.41 Å². The maximum atomic E-state index is 11.4. The number of hydrogen-bond acceptors (Lipinski definition) is 2. The number of carboxylic acids is 2. The molecule has 4 heteroatoms. The van der Waals surface area contributed by atoms with Crippen molar-refractivity contribution >= 4 is 11.9 Å². The summed E-state index contributed by atoms with van der Waals surface area (Å²) in [7, 11) is 0. The quantitative estimate of drug-likeness (QED) is 0.706. The number of aliphatic carboxylic acids is 2. The van der Waals surface area contributed by atoms with E-state index in [2.05, 4.69) is 13.8 Å². The van der Waals surface area contributed by atoms with Crippen molar-refractivity contribution in [2.75, 3.05) is 0 Å². The first kappa shape index (κ1) is 19.3. The van der Waals surface area contributed by atoms with Crippen molar-refractivity contribution in [3.63, 3.8) is 0 Å². The highest BCUT2D eigenvalue weighted by Crippen LogP contribution is 2.68. The molecule has 0 saturated heterocycles. The van der Waals surface area contributed by atoms with Crippen molar-refractivity contribution in [3.05, 3.63) is 0 Å². The van der Waals surface area contributed by atoms with Gasteiger partial charge >= 0.3 is 11.9 Å². The average Bonchev–Trinajstić information content (AvgIpc) is 2.91. The molecule has 8 atom stereocenters. The Balaban J connectivity index is 1.51. The van der Waals surface area contributed by atoms with Gasteiger partial charge in [0.15, 0.2) is 0 Å². The summed E-state index contributed by atoms with van der Waals surface area (Å²) in [5.74, 6) is 2.39. The van der Waals surface area contributed by atoms with Crippen molar-refractivity contribution in [3.8, 4) is 0 Å². The zero-order valence-corrected chi connectivity index (χ0v) is 17.0. The van der Waals surface area contributed by atoms with Crippen LogP contribution in [0, 0.1) is 46.3 Å². The standard InChI is InChI=1S/C23H36O4/c1-22-9-7-14(12-20(24)25)11-15(22)3-5-17-18-6-4-16(13-21(26)27)23(18,2)10-8-19(17)22/h14-19H,3-13H2,1-2H3,(H,24,25)(H,26,27)/t14?,15?,16?,17-,18-,19-,22-,23+/m0/s1. The van der Waals surface area contributed by atoms with Gasteiger partial charge in [-0.1, -0.05) is 13.8 Å². The van der Waals surface area contributed by atoms with E-state index >= 15 is 0 Å². The minimum atomic E-state index is -0.638. The van der Waals surface area contributed by atoms with E-state index in [0.29, 0.717) is 41.9 Å². The topological polar surface area (TPSA) is 74.6 Å². The summed E-state index contributed by atoms with van der Waals surface area (Å²) in [6.07, 6.45) is 11.4. The van der Waals surface area contributed by atoms with Crippen LogP contribution in [-0.2, 0) is 9.59 Å². The average molecular weight is 377 g/mol. The molecule has 0 bridgehead atoms. The molecule has 0 amide bonds. The summed E-state index contributed by atoms with van der Waals surface area (Å²) in [6.45, 7) is 4.91. The van der Waals surface area contributed by atoms with Gasteiger partial charge in [0.05, 0.1) is 0 Å². The predicted octanol–water partition coefficient (Wildman–Crippen LogP) is 5.21. The van der Waals surface area contributed by atoms with Crippen LogP contribution < -0.4 is 0 Å². The number of hydrogen-bond donors (Lipinski definition) is 2. The molecular weight excluding hydrogens is 340 g/mol. The van der Waals surface area contributed by atoms with Crippen molar-refractivity contribution in [1.29, 1.82) is 0 Å². The van der Waals surface area contributed by atoms with E-state index < -0.39 is 11.9 Å². The molecule has 0 aliphatic heterocycles. The lowest BCUT2D eigenvalue weighted by molar-refractivity contribution is -0.143. The Morgan fingerprint density at radius 1 is 0.815 bits per heavy atom. The SMILES string of the molecule is C[C@]12CCC(CC(=O)O)CC1CC[C@@H]1[C@@H]2CC[C@]2(C)C(CC(=O)O)CC[C@@H]12. The highest BCUT2D eigenvalue weighted by atomic mass is 16.4. The maximum Gasteiger partial charge on any atom is 0.303 e. The lowest BCUT2D eigenvalue weighted by atomic mass is 9.44. The normalized spacial score (nSPS) is 49.0. The van der Waals surface area contributed by atoms with Gasteiger partial charge in [-0.3, -0.25) is 9.59 Å². The zero-order chi connectivity index (χ0) is 19.4. The van der Waals surface area contributed by atoms with E-state index in [4.69, 9.17) is 0 Å². The van der Waals surface area contributed by atoms with Crippen LogP contribution in [0.2, 0.25) is 0 Å². The van der Waals surface area contributed by atoms with Gasteiger partial charge in [-0.15, -0.1) is 0 Å². The maximum absolute atomic E-state index is 11.4. The highest BCUT2D eigenvalue weighted by Gasteiger charge is 2.60. The van der Waals surface area contributed by atoms with Crippen LogP contribution in [-0.4, -0.2) is 22.2 Å². The molecule has 4 saturated carbocycles. The molecule has 0 aromatic rings. The molecule has 0 aromatic heterocycles. The fraction of sp³-hybridized carbons (Fsp3) is 0.913. The molecule has 3 unspecified atom stereocenters. The second-order valence-electron chi connectivity index (χ2n) is 10.8. The molecule has 0 heterocycles. The van der Waals surface area contributed by atoms with Gasteiger partial charge in [-0.2, -0.15) is 0 Å². The van der Waals surface area contributed by atoms with Crippen LogP contribution in [0.5, 0.6) is 0 Å². The summed E-state index contributed by atoms with van der Waals surface area (Å²) in [5.41, 5.74) is 0.605. The molecule has 4 rings (SSSR count). The largest absolute Gasteiger partial charge is 0.481 e. The Labute approximate surface area is 163 Å². The van der Waals surface area contributed by atoms with Gasteiger partial charge < -0.3 is 10.2 Å². The Kier molecular flexibility index (Phi) is 4.83. The monoisotopic (exact) mass is 376 g/mol. The van der Waals surface area contributed by atoms with Crippen LogP contribution in [0.3, 0.4) is 0 Å². The molecule has 2 N–H and O–H groups in total. The first-order valence-electron chi connectivity index (χ1n) is 11.2. The summed E-state index contributed by atoms with van der Waals surface area (Å²) >= 11 is 0. The van der Waals surface area contributed by atoms with E-state index in [1.807, 2.05) is 0 Å². The van der Waals surface area contributed by atoms with Crippen molar-refractivity contribution in [1.82, 2.24) is 0 Å². The van der Waals surface area contributed by atoms with E-state index in [9.17, 15) is 19.8 Å². The second kappa shape index (κ2) is 6.77. The van der Waals surface area contributed by atoms with E-state index in [1.165, 1.54) is 38.5 Å². The lowest BCUT2D eigenvalue weighted by Gasteiger charge is -2.61. The third kappa shape index (κ3) is 3.11. The molecular formula is C23H36O4. The lowest BCUT2D eigenvalue weighted by Crippen LogP contribution is -2.53. The number of rotatable bonds is 4. The van der Waals surface area contributed by atoms with Crippen molar-refractivity contribution in [2.24, 2.45) is 46.3 Å². The summed E-state index contributed by atoms with van der Waals surface area (Å²) < 4.78 is 0. The molecule has 4 aliphatic rings. The molecule has 4 fully saturated rings. The summed E-state index contributed by atoms with van der Waals surface area (Å²) in [6, 6.07) is 0. The van der Waals surface area contributed by atoms with Crippen LogP contribution in [0.4, 0.5) is 0 Å². The Hall–Kier alpha value is -1.06. The molecule has 0 aromatic carbocycles. The van der Waals surface area contributed by atoms with Gasteiger partial charge in [0.2, 0.25) is 0 Å². The van der Waals surface area contributed by atoms with E-state index in [1.54, 1.807) is 0 Å². The van der Waals surface area contributed by atoms with Gasteiger partial charge in [0.25, 0.3) is 0 Å². The molecule has 0 radical (unpaired) electrons. The summed E-state index contributed by atoms with van der Waals surface area (Å²) in [4.78, 5) is 22.5. The van der Waals surface area contributed by atoms with Gasteiger partial charge in [0.1, 0.15) is 0 Å². The fourth-order valence-electron chi connectivity index (χ4n) is 8.43. The Bertz CT molecular complexity index is 615. The Morgan fingerprint density at radius 2 is 1.48 bits per heavy atom. The van der Waals surface area contributed by atoms with Gasteiger partial charge in [-0.05, 0) is 104 Å². The minimum absolute atomic E-state index is 0.225. The first-order valence-corrected chi connectivity index (χ1v) is 11.2. The Morgan fingerprint density at radius 3 is 2.19 bits per heavy atom. The number of carboxylic acid groups (broad SMARTS) is 2. The smallest absolute Gasteiger partial charge is 0.303 e. The highest BCUT2D eigenvalue weighted by molar-refractivity contribution is 5.67. The predicted molar refractivity (Wildman–Crippen MR) is 103 cm³/mol. The molecule has 4 nitrogen and oxygen atoms in total. The molecule has 0 spiro atoms. The number of carbonyl (C=O) groups is 2. The second-order valence-corrected chi connectivity index (χ2v) is 10.8. The van der Waals surface area contributed by atoms with Crippen LogP contribution >= 0.6 is 0 Å². The van der Waals surface area contributed by atoms with Crippen molar-refractivity contribution < 1.29 is 19.8 Å². The number of fused-ring (bicyclic) bond motifs is 5. The third-order valence-corrected chi connectivity index (χ3v) is 9.86. The van der Waals surface area contributed by atoms with Gasteiger partial charge in [0, 0.05) is 12.8 Å². The van der Waals surface area contributed by atoms with Crippen LogP contribution in [0.15, 0.2) is 0 Å². The first-order chi connectivity index (χ1) is 12.7. The van der Waals surface area contributed by atoms with Crippen molar-refractivity contribution in [2.45, 2.75) is 84.5 Å². The van der Waals surface area contributed by atoms with Crippen LogP contribution in [0.25, 0.3) is 0 Å². The molecule has 27 heavy (non-hydrogen) atoms. The zero-order valence-electron chi connectivity index (χ0n) is 17.0. The third-order valence-electron chi connectivity index (χ3n) is 9.86. The molecule has 4 aliphatic carbocycles. The van der Waals surface area contributed by atoms with E-state index in [0.717, 1.165) is 31.1 Å². The minimum Gasteiger partial charge on any atom is -0.481 e. The molecule has 152 valence electrons. The fourth-order valence-corrected chi connectivity index (χ4v) is 8.43.